The van der Waals surface area contributed by atoms with Crippen molar-refractivity contribution in [2.45, 2.75) is 71.1 Å². The topological polar surface area (TPSA) is 0 Å². The fourth-order valence-corrected chi connectivity index (χ4v) is 4.74. The zero-order chi connectivity index (χ0) is 12.4. The molecule has 0 heteroatoms. The molecule has 0 aromatic carbocycles. The van der Waals surface area contributed by atoms with Crippen LogP contribution in [0.2, 0.25) is 0 Å². The monoisotopic (exact) mass is 246 g/mol. The average molecular weight is 246 g/mol. The minimum atomic E-state index is 0.911. The maximum atomic E-state index is 2.44. The standard InChI is InChI=1S/C18H30/c1-2-3-14-4-6-15(7-5-14)16-8-10-17(11-9-16)18-12-13-18/h2-3,14-18H,4-13H2,1H3/b3-2+. The van der Waals surface area contributed by atoms with Crippen LogP contribution in [-0.2, 0) is 0 Å². The molecule has 0 nitrogen and oxygen atoms in total. The van der Waals surface area contributed by atoms with E-state index in [9.17, 15) is 0 Å². The average Bonchev–Trinajstić information content (AvgIpc) is 3.25. The Morgan fingerprint density at radius 2 is 0.889 bits per heavy atom. The summed E-state index contributed by atoms with van der Waals surface area (Å²) in [6.07, 6.45) is 20.1. The Morgan fingerprint density at radius 3 is 1.22 bits per heavy atom. The van der Waals surface area contributed by atoms with Gasteiger partial charge in [0.05, 0.1) is 0 Å². The number of hydrogen-bond acceptors (Lipinski definition) is 0. The van der Waals surface area contributed by atoms with Crippen LogP contribution in [-0.4, -0.2) is 0 Å². The van der Waals surface area contributed by atoms with Crippen LogP contribution in [0.15, 0.2) is 12.2 Å². The molecule has 18 heavy (non-hydrogen) atoms. The van der Waals surface area contributed by atoms with Crippen molar-refractivity contribution >= 4 is 0 Å². The molecule has 0 amide bonds. The molecule has 3 aliphatic carbocycles. The van der Waals surface area contributed by atoms with Crippen molar-refractivity contribution in [3.8, 4) is 0 Å². The first-order chi connectivity index (χ1) is 8.86. The lowest BCUT2D eigenvalue weighted by atomic mass is 9.68. The molecule has 0 saturated heterocycles. The van der Waals surface area contributed by atoms with E-state index in [1.165, 1.54) is 25.7 Å². The van der Waals surface area contributed by atoms with Crippen molar-refractivity contribution in [1.82, 2.24) is 0 Å². The van der Waals surface area contributed by atoms with Gasteiger partial charge in [-0.25, -0.2) is 0 Å². The van der Waals surface area contributed by atoms with E-state index in [0.29, 0.717) is 0 Å². The summed E-state index contributed by atoms with van der Waals surface area (Å²) in [5.74, 6) is 5.41. The van der Waals surface area contributed by atoms with Crippen LogP contribution in [0.5, 0.6) is 0 Å². The fraction of sp³-hybridized carbons (Fsp3) is 0.889. The maximum Gasteiger partial charge on any atom is -0.0233 e. The first-order valence-electron chi connectivity index (χ1n) is 8.49. The van der Waals surface area contributed by atoms with Crippen LogP contribution in [0, 0.1) is 29.6 Å². The minimum Gasteiger partial charge on any atom is -0.0914 e. The smallest absolute Gasteiger partial charge is 0.0233 e. The molecule has 0 aliphatic heterocycles. The van der Waals surface area contributed by atoms with E-state index in [2.05, 4.69) is 19.1 Å². The highest BCUT2D eigenvalue weighted by Crippen LogP contribution is 2.48. The third-order valence-corrected chi connectivity index (χ3v) is 6.05. The van der Waals surface area contributed by atoms with E-state index in [1.54, 1.807) is 38.5 Å². The van der Waals surface area contributed by atoms with Gasteiger partial charge in [0.1, 0.15) is 0 Å². The van der Waals surface area contributed by atoms with Crippen LogP contribution < -0.4 is 0 Å². The van der Waals surface area contributed by atoms with E-state index < -0.39 is 0 Å². The molecule has 0 N–H and O–H groups in total. The molecule has 3 aliphatic rings. The highest BCUT2D eigenvalue weighted by Gasteiger charge is 2.36. The molecule has 3 fully saturated rings. The fourth-order valence-electron chi connectivity index (χ4n) is 4.74. The molecule has 0 heterocycles. The Bertz CT molecular complexity index is 270. The Labute approximate surface area is 113 Å². The minimum absolute atomic E-state index is 0.911. The summed E-state index contributed by atoms with van der Waals surface area (Å²) in [6.45, 7) is 2.17. The molecular weight excluding hydrogens is 216 g/mol. The summed E-state index contributed by atoms with van der Waals surface area (Å²) in [5.41, 5.74) is 0. The number of allylic oxidation sites excluding steroid dienone is 2. The Morgan fingerprint density at radius 1 is 0.556 bits per heavy atom. The lowest BCUT2D eigenvalue weighted by Gasteiger charge is -2.37. The van der Waals surface area contributed by atoms with Crippen molar-refractivity contribution in [3.63, 3.8) is 0 Å². The zero-order valence-corrected chi connectivity index (χ0v) is 12.1. The van der Waals surface area contributed by atoms with Crippen LogP contribution in [0.4, 0.5) is 0 Å². The van der Waals surface area contributed by atoms with E-state index in [1.807, 2.05) is 0 Å². The van der Waals surface area contributed by atoms with Crippen molar-refractivity contribution < 1.29 is 0 Å². The van der Waals surface area contributed by atoms with Gasteiger partial charge >= 0.3 is 0 Å². The summed E-state index contributed by atoms with van der Waals surface area (Å²) < 4.78 is 0. The lowest BCUT2D eigenvalue weighted by molar-refractivity contribution is 0.148. The zero-order valence-electron chi connectivity index (χ0n) is 12.1. The third-order valence-electron chi connectivity index (χ3n) is 6.05. The molecule has 3 saturated carbocycles. The number of hydrogen-bond donors (Lipinski definition) is 0. The van der Waals surface area contributed by atoms with Gasteiger partial charge in [0, 0.05) is 0 Å². The maximum absolute atomic E-state index is 2.44. The summed E-state index contributed by atoms with van der Waals surface area (Å²) in [4.78, 5) is 0. The van der Waals surface area contributed by atoms with Crippen LogP contribution in [0.25, 0.3) is 0 Å². The molecule has 0 aromatic heterocycles. The molecule has 3 rings (SSSR count). The second-order valence-electron chi connectivity index (χ2n) is 7.21. The summed E-state index contributed by atoms with van der Waals surface area (Å²) >= 11 is 0. The molecule has 0 aromatic rings. The van der Waals surface area contributed by atoms with Gasteiger partial charge in [0.15, 0.2) is 0 Å². The van der Waals surface area contributed by atoms with Crippen LogP contribution >= 0.6 is 0 Å². The molecule has 102 valence electrons. The summed E-state index contributed by atoms with van der Waals surface area (Å²) in [7, 11) is 0. The first-order valence-corrected chi connectivity index (χ1v) is 8.49. The van der Waals surface area contributed by atoms with Gasteiger partial charge in [0.2, 0.25) is 0 Å². The van der Waals surface area contributed by atoms with E-state index >= 15 is 0 Å². The van der Waals surface area contributed by atoms with Gasteiger partial charge in [-0.2, -0.15) is 0 Å². The quantitative estimate of drug-likeness (QED) is 0.570. The molecule has 0 spiro atoms. The van der Waals surface area contributed by atoms with Gasteiger partial charge in [0.25, 0.3) is 0 Å². The second kappa shape index (κ2) is 5.80. The Balaban J connectivity index is 1.43. The van der Waals surface area contributed by atoms with Crippen molar-refractivity contribution in [2.75, 3.05) is 0 Å². The predicted octanol–water partition coefficient (Wildman–Crippen LogP) is 5.59. The molecule has 0 unspecified atom stereocenters. The predicted molar refractivity (Wildman–Crippen MR) is 78.4 cm³/mol. The molecule has 0 bridgehead atoms. The summed E-state index contributed by atoms with van der Waals surface area (Å²) in [6, 6.07) is 0. The third kappa shape index (κ3) is 3.00. The highest BCUT2D eigenvalue weighted by molar-refractivity contribution is 4.92. The van der Waals surface area contributed by atoms with Crippen molar-refractivity contribution in [2.24, 2.45) is 29.6 Å². The highest BCUT2D eigenvalue weighted by atomic mass is 14.4. The molecular formula is C18H30. The molecule has 0 radical (unpaired) electrons. The van der Waals surface area contributed by atoms with Gasteiger partial charge < -0.3 is 0 Å². The lowest BCUT2D eigenvalue weighted by Crippen LogP contribution is -2.26. The second-order valence-corrected chi connectivity index (χ2v) is 7.21. The first kappa shape index (κ1) is 12.8. The summed E-state index contributed by atoms with van der Waals surface area (Å²) in [5, 5.41) is 0. The largest absolute Gasteiger partial charge is 0.0914 e. The number of rotatable bonds is 3. The van der Waals surface area contributed by atoms with E-state index in [-0.39, 0.29) is 0 Å². The Kier molecular flexibility index (Phi) is 4.11. The van der Waals surface area contributed by atoms with Crippen molar-refractivity contribution in [3.05, 3.63) is 12.2 Å². The van der Waals surface area contributed by atoms with E-state index in [4.69, 9.17) is 0 Å². The van der Waals surface area contributed by atoms with Crippen LogP contribution in [0.1, 0.15) is 71.1 Å². The van der Waals surface area contributed by atoms with Gasteiger partial charge in [-0.15, -0.1) is 0 Å². The van der Waals surface area contributed by atoms with Gasteiger partial charge in [-0.3, -0.25) is 0 Å². The normalized spacial score (nSPS) is 42.3. The van der Waals surface area contributed by atoms with E-state index in [0.717, 1.165) is 29.6 Å². The van der Waals surface area contributed by atoms with Crippen LogP contribution in [0.3, 0.4) is 0 Å². The van der Waals surface area contributed by atoms with Gasteiger partial charge in [-0.05, 0) is 101 Å². The van der Waals surface area contributed by atoms with Crippen molar-refractivity contribution in [1.29, 1.82) is 0 Å². The Hall–Kier alpha value is -0.260. The van der Waals surface area contributed by atoms with Gasteiger partial charge in [-0.1, -0.05) is 12.2 Å². The molecule has 0 atom stereocenters. The SMILES string of the molecule is C/C=C/C1CCC(C2CCC(C3CC3)CC2)CC1.